The van der Waals surface area contributed by atoms with Gasteiger partial charge in [0.2, 0.25) is 0 Å². The van der Waals surface area contributed by atoms with E-state index in [0.717, 1.165) is 44.5 Å². The summed E-state index contributed by atoms with van der Waals surface area (Å²) in [5.74, 6) is 0.919. The van der Waals surface area contributed by atoms with Gasteiger partial charge in [0.15, 0.2) is 0 Å². The van der Waals surface area contributed by atoms with Crippen LogP contribution in [-0.2, 0) is 0 Å². The van der Waals surface area contributed by atoms with Gasteiger partial charge in [-0.1, -0.05) is 55.7 Å². The molecule has 1 fully saturated rings. The maximum Gasteiger partial charge on any atom is 0.144 e. The summed E-state index contributed by atoms with van der Waals surface area (Å²) in [6.07, 6.45) is 9.69. The van der Waals surface area contributed by atoms with Crippen LogP contribution in [0.25, 0.3) is 27.6 Å². The smallest absolute Gasteiger partial charge is 0.144 e. The molecule has 6 nitrogen and oxygen atoms in total. The van der Waals surface area contributed by atoms with E-state index in [1.165, 1.54) is 49.0 Å². The Labute approximate surface area is 191 Å². The van der Waals surface area contributed by atoms with Crippen molar-refractivity contribution in [1.29, 1.82) is 5.41 Å². The number of nitrogens with two attached hydrogens (primary N) is 1. The maximum absolute atomic E-state index is 7.34. The van der Waals surface area contributed by atoms with Gasteiger partial charge in [0.1, 0.15) is 28.5 Å². The van der Waals surface area contributed by atoms with Crippen molar-refractivity contribution >= 4 is 29.2 Å². The summed E-state index contributed by atoms with van der Waals surface area (Å²) in [5, 5.41) is 8.20. The van der Waals surface area contributed by atoms with Gasteiger partial charge in [-0.25, -0.2) is 15.0 Å². The number of nitrogens with zero attached hydrogens (tertiary/aromatic N) is 4. The molecule has 3 heterocycles. The molecule has 0 saturated heterocycles. The molecule has 0 atom stereocenters. The number of pyridine rings is 1. The van der Waals surface area contributed by atoms with Crippen LogP contribution in [0.15, 0.2) is 53.7 Å². The maximum atomic E-state index is 7.34. The van der Waals surface area contributed by atoms with Crippen molar-refractivity contribution in [3.63, 3.8) is 0 Å². The van der Waals surface area contributed by atoms with E-state index >= 15 is 0 Å². The lowest BCUT2D eigenvalue weighted by atomic mass is 9.85. The molecule has 3 aromatic heterocycles. The fraction of sp³-hybridized carbons (Fsp3) is 0.280. The van der Waals surface area contributed by atoms with Crippen molar-refractivity contribution in [3.8, 4) is 22.0 Å². The Morgan fingerprint density at radius 3 is 2.66 bits per heavy atom. The minimum Gasteiger partial charge on any atom is -0.382 e. The van der Waals surface area contributed by atoms with Gasteiger partial charge in [0, 0.05) is 11.8 Å². The van der Waals surface area contributed by atoms with Crippen molar-refractivity contribution < 1.29 is 0 Å². The Morgan fingerprint density at radius 2 is 1.91 bits per heavy atom. The number of fused-ring (bicyclic) bond motifs is 1. The zero-order chi connectivity index (χ0) is 22.1. The Hall–Kier alpha value is -3.32. The van der Waals surface area contributed by atoms with Crippen LogP contribution in [0.3, 0.4) is 0 Å². The number of rotatable bonds is 5. The number of hydrogen-bond donors (Lipinski definition) is 2. The molecule has 7 heteroatoms. The largest absolute Gasteiger partial charge is 0.382 e. The Bertz CT molecular complexity index is 1290. The van der Waals surface area contributed by atoms with E-state index in [1.807, 2.05) is 37.3 Å². The second-order valence-corrected chi connectivity index (χ2v) is 9.28. The van der Waals surface area contributed by atoms with E-state index in [9.17, 15) is 0 Å². The fourth-order valence-electron chi connectivity index (χ4n) is 4.63. The SMILES string of the molecule is Cc1nc2ccc(C3CCCCC3)cn2c1-c1nc(-c2ccccc2)c(C(N)=NC=N)s1. The predicted octanol–water partition coefficient (Wildman–Crippen LogP) is 5.79. The number of benzene rings is 1. The summed E-state index contributed by atoms with van der Waals surface area (Å²) >= 11 is 1.50. The van der Waals surface area contributed by atoms with Gasteiger partial charge in [-0.15, -0.1) is 11.3 Å². The van der Waals surface area contributed by atoms with Crippen molar-refractivity contribution in [2.24, 2.45) is 10.7 Å². The van der Waals surface area contributed by atoms with Crippen LogP contribution in [0.2, 0.25) is 0 Å². The average molecular weight is 443 g/mol. The number of imidazole rings is 1. The summed E-state index contributed by atoms with van der Waals surface area (Å²) in [4.78, 5) is 14.6. The predicted molar refractivity (Wildman–Crippen MR) is 132 cm³/mol. The third-order valence-corrected chi connectivity index (χ3v) is 7.29. The summed E-state index contributed by atoms with van der Waals surface area (Å²) in [6.45, 7) is 2.03. The summed E-state index contributed by atoms with van der Waals surface area (Å²) in [7, 11) is 0. The second-order valence-electron chi connectivity index (χ2n) is 8.28. The van der Waals surface area contributed by atoms with Gasteiger partial charge >= 0.3 is 0 Å². The number of aliphatic imine (C=N–C) groups is 1. The van der Waals surface area contributed by atoms with E-state index in [4.69, 9.17) is 21.1 Å². The topological polar surface area (TPSA) is 92.4 Å². The zero-order valence-electron chi connectivity index (χ0n) is 18.1. The van der Waals surface area contributed by atoms with Gasteiger partial charge < -0.3 is 5.73 Å². The van der Waals surface area contributed by atoms with Crippen LogP contribution in [0.5, 0.6) is 0 Å². The highest BCUT2D eigenvalue weighted by molar-refractivity contribution is 7.17. The lowest BCUT2D eigenvalue weighted by Gasteiger charge is -2.22. The molecule has 5 rings (SSSR count). The molecule has 162 valence electrons. The summed E-state index contributed by atoms with van der Waals surface area (Å²) < 4.78 is 2.18. The first-order chi connectivity index (χ1) is 15.7. The zero-order valence-corrected chi connectivity index (χ0v) is 18.9. The van der Waals surface area contributed by atoms with E-state index in [-0.39, 0.29) is 0 Å². The van der Waals surface area contributed by atoms with Crippen LogP contribution >= 0.6 is 11.3 Å². The van der Waals surface area contributed by atoms with E-state index in [1.54, 1.807) is 0 Å². The minimum absolute atomic E-state index is 0.303. The van der Waals surface area contributed by atoms with Crippen LogP contribution in [0.4, 0.5) is 0 Å². The number of nitrogens with one attached hydrogen (secondary N) is 1. The molecular formula is C25H26N6S. The fourth-order valence-corrected chi connectivity index (χ4v) is 5.72. The molecule has 0 unspecified atom stereocenters. The molecule has 32 heavy (non-hydrogen) atoms. The van der Waals surface area contributed by atoms with Crippen molar-refractivity contribution in [2.45, 2.75) is 44.9 Å². The normalized spacial score (nSPS) is 15.3. The van der Waals surface area contributed by atoms with Gasteiger partial charge in [0.25, 0.3) is 0 Å². The molecule has 0 radical (unpaired) electrons. The number of aromatic nitrogens is 3. The molecule has 1 saturated carbocycles. The van der Waals surface area contributed by atoms with Gasteiger partial charge in [-0.3, -0.25) is 9.81 Å². The van der Waals surface area contributed by atoms with Gasteiger partial charge in [-0.05, 0) is 37.3 Å². The number of aryl methyl sites for hydroxylation is 1. The van der Waals surface area contributed by atoms with Gasteiger partial charge in [0.05, 0.1) is 16.3 Å². The van der Waals surface area contributed by atoms with Crippen molar-refractivity contribution in [2.75, 3.05) is 0 Å². The molecule has 0 aliphatic heterocycles. The number of amidine groups is 1. The summed E-state index contributed by atoms with van der Waals surface area (Å²) in [6, 6.07) is 14.3. The van der Waals surface area contributed by atoms with Gasteiger partial charge in [-0.2, -0.15) is 0 Å². The number of hydrogen-bond acceptors (Lipinski definition) is 4. The summed E-state index contributed by atoms with van der Waals surface area (Å²) in [5.41, 5.74) is 12.2. The third-order valence-electron chi connectivity index (χ3n) is 6.21. The molecule has 3 N–H and O–H groups in total. The van der Waals surface area contributed by atoms with E-state index in [2.05, 4.69) is 27.7 Å². The Morgan fingerprint density at radius 1 is 1.12 bits per heavy atom. The first-order valence-corrected chi connectivity index (χ1v) is 11.8. The molecule has 1 aromatic carbocycles. The molecular weight excluding hydrogens is 416 g/mol. The van der Waals surface area contributed by atoms with Crippen molar-refractivity contribution in [1.82, 2.24) is 14.4 Å². The monoisotopic (exact) mass is 442 g/mol. The molecule has 0 amide bonds. The molecule has 0 spiro atoms. The van der Waals surface area contributed by atoms with Crippen LogP contribution < -0.4 is 5.73 Å². The Balaban J connectivity index is 1.67. The third kappa shape index (κ3) is 3.73. The van der Waals surface area contributed by atoms with Crippen molar-refractivity contribution in [3.05, 3.63) is 64.8 Å². The lowest BCUT2D eigenvalue weighted by molar-refractivity contribution is 0.442. The minimum atomic E-state index is 0.303. The quantitative estimate of drug-likeness (QED) is 0.302. The average Bonchev–Trinajstić information content (AvgIpc) is 3.40. The highest BCUT2D eigenvalue weighted by Gasteiger charge is 2.22. The highest BCUT2D eigenvalue weighted by atomic mass is 32.1. The van der Waals surface area contributed by atoms with Crippen LogP contribution in [0, 0.1) is 12.3 Å². The van der Waals surface area contributed by atoms with E-state index in [0.29, 0.717) is 11.8 Å². The molecule has 1 aliphatic carbocycles. The standard InChI is InChI=1S/C25H26N6S/c1-16-22(31-14-19(12-13-20(31)29-16)17-8-4-2-5-9-17)25-30-21(18-10-6-3-7-11-18)23(32-25)24(27)28-15-26/h3,6-7,10-15,17H,2,4-5,8-9H2,1H3,(H3,26,27,28). The molecule has 4 aromatic rings. The Kier molecular flexibility index (Phi) is 5.57. The first-order valence-electron chi connectivity index (χ1n) is 11.0. The number of thiazole rings is 1. The van der Waals surface area contributed by atoms with E-state index < -0.39 is 0 Å². The van der Waals surface area contributed by atoms with Crippen LogP contribution in [-0.4, -0.2) is 26.5 Å². The first kappa shape index (κ1) is 20.6. The highest BCUT2D eigenvalue weighted by Crippen LogP contribution is 2.37. The van der Waals surface area contributed by atoms with Crippen LogP contribution in [0.1, 0.15) is 54.2 Å². The second kappa shape index (κ2) is 8.67. The molecule has 0 bridgehead atoms. The molecule has 1 aliphatic rings. The lowest BCUT2D eigenvalue weighted by Crippen LogP contribution is -2.12.